The van der Waals surface area contributed by atoms with Gasteiger partial charge in [-0.15, -0.1) is 0 Å². The van der Waals surface area contributed by atoms with E-state index in [1.807, 2.05) is 11.8 Å². The van der Waals surface area contributed by atoms with Gasteiger partial charge in [-0.1, -0.05) is 11.6 Å². The predicted molar refractivity (Wildman–Crippen MR) is 71.4 cm³/mol. The van der Waals surface area contributed by atoms with Gasteiger partial charge in [0.05, 0.1) is 0 Å². The van der Waals surface area contributed by atoms with Crippen LogP contribution < -0.4 is 11.3 Å². The standard InChI is InChI=1S/C12H17ClN4O/c1-2-17(7-8-3-4-8)12(18)9-5-10(13)15-11(6-9)16-14/h5-6,8H,2-4,7,14H2,1H3,(H,15,16). The quantitative estimate of drug-likeness (QED) is 0.486. The smallest absolute Gasteiger partial charge is 0.254 e. The van der Waals surface area contributed by atoms with E-state index in [0.717, 1.165) is 6.54 Å². The number of pyridine rings is 1. The van der Waals surface area contributed by atoms with Crippen molar-refractivity contribution < 1.29 is 4.79 Å². The molecule has 1 aliphatic carbocycles. The number of amides is 1. The SMILES string of the molecule is CCN(CC1CC1)C(=O)c1cc(Cl)nc(NN)c1. The molecular formula is C12H17ClN4O. The van der Waals surface area contributed by atoms with Crippen LogP contribution in [0.25, 0.3) is 0 Å². The fraction of sp³-hybridized carbons (Fsp3) is 0.500. The second-order valence-electron chi connectivity index (χ2n) is 4.50. The fourth-order valence-electron chi connectivity index (χ4n) is 1.84. The minimum atomic E-state index is -0.0230. The molecule has 0 bridgehead atoms. The summed E-state index contributed by atoms with van der Waals surface area (Å²) in [7, 11) is 0. The molecule has 1 aromatic heterocycles. The van der Waals surface area contributed by atoms with Crippen LogP contribution >= 0.6 is 11.6 Å². The second-order valence-corrected chi connectivity index (χ2v) is 4.88. The van der Waals surface area contributed by atoms with Crippen LogP contribution in [0.2, 0.25) is 5.15 Å². The first-order chi connectivity index (χ1) is 8.63. The molecule has 2 rings (SSSR count). The highest BCUT2D eigenvalue weighted by atomic mass is 35.5. The van der Waals surface area contributed by atoms with Gasteiger partial charge in [-0.05, 0) is 37.8 Å². The second kappa shape index (κ2) is 5.54. The molecule has 1 heterocycles. The zero-order valence-electron chi connectivity index (χ0n) is 10.3. The van der Waals surface area contributed by atoms with Gasteiger partial charge in [-0.2, -0.15) is 0 Å². The summed E-state index contributed by atoms with van der Waals surface area (Å²) in [5.74, 6) is 6.33. The maximum absolute atomic E-state index is 12.3. The Morgan fingerprint density at radius 3 is 2.89 bits per heavy atom. The molecule has 0 atom stereocenters. The molecule has 1 amide bonds. The van der Waals surface area contributed by atoms with E-state index < -0.39 is 0 Å². The maximum atomic E-state index is 12.3. The van der Waals surface area contributed by atoms with Crippen molar-refractivity contribution in [1.82, 2.24) is 9.88 Å². The topological polar surface area (TPSA) is 71.2 Å². The van der Waals surface area contributed by atoms with Crippen molar-refractivity contribution in [3.05, 3.63) is 22.8 Å². The van der Waals surface area contributed by atoms with Crippen molar-refractivity contribution in [2.75, 3.05) is 18.5 Å². The van der Waals surface area contributed by atoms with Gasteiger partial charge >= 0.3 is 0 Å². The average Bonchev–Trinajstić information content (AvgIpc) is 3.18. The molecule has 6 heteroatoms. The number of nitrogens with one attached hydrogen (secondary N) is 1. The lowest BCUT2D eigenvalue weighted by Crippen LogP contribution is -2.32. The summed E-state index contributed by atoms with van der Waals surface area (Å²) in [5.41, 5.74) is 2.93. The van der Waals surface area contributed by atoms with Crippen LogP contribution in [0.4, 0.5) is 5.82 Å². The molecular weight excluding hydrogens is 252 g/mol. The van der Waals surface area contributed by atoms with Crippen molar-refractivity contribution in [2.45, 2.75) is 19.8 Å². The lowest BCUT2D eigenvalue weighted by Gasteiger charge is -2.21. The van der Waals surface area contributed by atoms with Gasteiger partial charge in [0.25, 0.3) is 5.91 Å². The number of anilines is 1. The number of aromatic nitrogens is 1. The van der Waals surface area contributed by atoms with Gasteiger partial charge in [-0.3, -0.25) is 4.79 Å². The molecule has 1 aromatic rings. The van der Waals surface area contributed by atoms with Crippen LogP contribution in [0.1, 0.15) is 30.1 Å². The lowest BCUT2D eigenvalue weighted by molar-refractivity contribution is 0.0757. The van der Waals surface area contributed by atoms with Crippen molar-refractivity contribution >= 4 is 23.3 Å². The van der Waals surface area contributed by atoms with Gasteiger partial charge < -0.3 is 10.3 Å². The summed E-state index contributed by atoms with van der Waals surface area (Å²) >= 11 is 5.86. The molecule has 1 saturated carbocycles. The molecule has 0 spiro atoms. The average molecular weight is 269 g/mol. The highest BCUT2D eigenvalue weighted by Gasteiger charge is 2.26. The number of halogens is 1. The Morgan fingerprint density at radius 1 is 1.61 bits per heavy atom. The van der Waals surface area contributed by atoms with Gasteiger partial charge in [0, 0.05) is 18.7 Å². The zero-order chi connectivity index (χ0) is 13.1. The molecule has 0 aliphatic heterocycles. The molecule has 0 saturated heterocycles. The van der Waals surface area contributed by atoms with Crippen LogP contribution in [0, 0.1) is 5.92 Å². The van der Waals surface area contributed by atoms with Gasteiger partial charge in [-0.25, -0.2) is 10.8 Å². The number of carbonyl (C=O) groups excluding carboxylic acids is 1. The van der Waals surface area contributed by atoms with E-state index in [9.17, 15) is 4.79 Å². The molecule has 0 radical (unpaired) electrons. The summed E-state index contributed by atoms with van der Waals surface area (Å²) < 4.78 is 0. The van der Waals surface area contributed by atoms with Crippen molar-refractivity contribution in [1.29, 1.82) is 0 Å². The van der Waals surface area contributed by atoms with E-state index >= 15 is 0 Å². The molecule has 0 aromatic carbocycles. The van der Waals surface area contributed by atoms with E-state index in [4.69, 9.17) is 17.4 Å². The van der Waals surface area contributed by atoms with E-state index in [2.05, 4.69) is 10.4 Å². The molecule has 1 fully saturated rings. The number of rotatable bonds is 5. The normalized spacial score (nSPS) is 14.4. The first-order valence-corrected chi connectivity index (χ1v) is 6.45. The highest BCUT2D eigenvalue weighted by Crippen LogP contribution is 2.30. The van der Waals surface area contributed by atoms with Crippen LogP contribution in [-0.4, -0.2) is 28.9 Å². The van der Waals surface area contributed by atoms with Crippen LogP contribution in [-0.2, 0) is 0 Å². The van der Waals surface area contributed by atoms with Gasteiger partial charge in [0.1, 0.15) is 11.0 Å². The Bertz CT molecular complexity index is 448. The maximum Gasteiger partial charge on any atom is 0.254 e. The summed E-state index contributed by atoms with van der Waals surface area (Å²) in [5, 5.41) is 0.260. The molecule has 5 nitrogen and oxygen atoms in total. The van der Waals surface area contributed by atoms with Crippen molar-refractivity contribution in [3.63, 3.8) is 0 Å². The van der Waals surface area contributed by atoms with Crippen LogP contribution in [0.3, 0.4) is 0 Å². The Kier molecular flexibility index (Phi) is 4.04. The number of nitrogens with two attached hydrogens (primary N) is 1. The number of hydrogen-bond acceptors (Lipinski definition) is 4. The largest absolute Gasteiger partial charge is 0.339 e. The predicted octanol–water partition coefficient (Wildman–Crippen LogP) is 1.89. The fourth-order valence-corrected chi connectivity index (χ4v) is 2.05. The third-order valence-electron chi connectivity index (χ3n) is 3.03. The summed E-state index contributed by atoms with van der Waals surface area (Å²) in [4.78, 5) is 18.1. The first kappa shape index (κ1) is 13.1. The third-order valence-corrected chi connectivity index (χ3v) is 3.23. The summed E-state index contributed by atoms with van der Waals surface area (Å²) in [6.45, 7) is 3.49. The van der Waals surface area contributed by atoms with Gasteiger partial charge in [0.15, 0.2) is 0 Å². The number of hydrogen-bond donors (Lipinski definition) is 2. The van der Waals surface area contributed by atoms with Crippen molar-refractivity contribution in [3.8, 4) is 0 Å². The van der Waals surface area contributed by atoms with E-state index in [0.29, 0.717) is 23.8 Å². The molecule has 3 N–H and O–H groups in total. The van der Waals surface area contributed by atoms with Gasteiger partial charge in [0.2, 0.25) is 0 Å². The minimum absolute atomic E-state index is 0.0230. The van der Waals surface area contributed by atoms with E-state index in [1.54, 1.807) is 12.1 Å². The zero-order valence-corrected chi connectivity index (χ0v) is 11.1. The molecule has 98 valence electrons. The lowest BCUT2D eigenvalue weighted by atomic mass is 10.2. The monoisotopic (exact) mass is 268 g/mol. The number of carbonyl (C=O) groups is 1. The number of nitrogen functional groups attached to an aromatic ring is 1. The third kappa shape index (κ3) is 3.11. The first-order valence-electron chi connectivity index (χ1n) is 6.07. The molecule has 1 aliphatic rings. The highest BCUT2D eigenvalue weighted by molar-refractivity contribution is 6.29. The Balaban J connectivity index is 2.17. The van der Waals surface area contributed by atoms with Crippen molar-refractivity contribution in [2.24, 2.45) is 11.8 Å². The minimum Gasteiger partial charge on any atom is -0.339 e. The Labute approximate surface area is 111 Å². The summed E-state index contributed by atoms with van der Waals surface area (Å²) in [6.07, 6.45) is 2.44. The Hall–Kier alpha value is -1.33. The van der Waals surface area contributed by atoms with E-state index in [-0.39, 0.29) is 11.1 Å². The van der Waals surface area contributed by atoms with E-state index in [1.165, 1.54) is 12.8 Å². The molecule has 18 heavy (non-hydrogen) atoms. The van der Waals surface area contributed by atoms with Crippen LogP contribution in [0.5, 0.6) is 0 Å². The Morgan fingerprint density at radius 2 is 2.33 bits per heavy atom. The number of nitrogens with zero attached hydrogens (tertiary/aromatic N) is 2. The summed E-state index contributed by atoms with van der Waals surface area (Å²) in [6, 6.07) is 3.18. The van der Waals surface area contributed by atoms with Crippen LogP contribution in [0.15, 0.2) is 12.1 Å². The number of hydrazine groups is 1. The molecule has 0 unspecified atom stereocenters.